The van der Waals surface area contributed by atoms with Crippen LogP contribution in [0.4, 0.5) is 8.78 Å². The Hall–Kier alpha value is -2.64. The smallest absolute Gasteiger partial charge is 0.282 e. The van der Waals surface area contributed by atoms with Crippen LogP contribution in [0, 0.1) is 6.92 Å². The molecule has 0 spiro atoms. The van der Waals surface area contributed by atoms with E-state index in [9.17, 15) is 13.6 Å². The number of carbonyl (C=O) groups is 1. The molecular weight excluding hydrogens is 344 g/mol. The summed E-state index contributed by atoms with van der Waals surface area (Å²) in [5.41, 5.74) is 0.900. The van der Waals surface area contributed by atoms with Crippen LogP contribution in [-0.4, -0.2) is 29.9 Å². The summed E-state index contributed by atoms with van der Waals surface area (Å²) < 4.78 is 37.5. The van der Waals surface area contributed by atoms with Crippen molar-refractivity contribution >= 4 is 5.91 Å². The Morgan fingerprint density at radius 3 is 2.42 bits per heavy atom. The second kappa shape index (κ2) is 8.16. The number of aromatic nitrogens is 2. The molecule has 26 heavy (non-hydrogen) atoms. The van der Waals surface area contributed by atoms with Crippen LogP contribution < -0.4 is 14.8 Å². The van der Waals surface area contributed by atoms with Gasteiger partial charge in [-0.15, -0.1) is 0 Å². The van der Waals surface area contributed by atoms with Crippen LogP contribution in [0.5, 0.6) is 11.5 Å². The van der Waals surface area contributed by atoms with E-state index < -0.39 is 12.5 Å². The van der Waals surface area contributed by atoms with Crippen molar-refractivity contribution in [3.63, 3.8) is 0 Å². The van der Waals surface area contributed by atoms with Gasteiger partial charge in [-0.05, 0) is 45.0 Å². The average molecular weight is 367 g/mol. The highest BCUT2D eigenvalue weighted by Gasteiger charge is 2.23. The Kier molecular flexibility index (Phi) is 6.18. The fraction of sp³-hybridized carbons (Fsp3) is 0.444. The van der Waals surface area contributed by atoms with Crippen LogP contribution in [0.3, 0.4) is 0 Å². The molecule has 2 unspecified atom stereocenters. The molecule has 0 fully saturated rings. The van der Waals surface area contributed by atoms with Crippen molar-refractivity contribution in [2.45, 2.75) is 39.3 Å². The van der Waals surface area contributed by atoms with E-state index in [2.05, 4.69) is 10.4 Å². The minimum absolute atomic E-state index is 0.339. The molecule has 1 N–H and O–H groups in total. The zero-order chi connectivity index (χ0) is 19.4. The molecule has 2 atom stereocenters. The predicted molar refractivity (Wildman–Crippen MR) is 92.7 cm³/mol. The van der Waals surface area contributed by atoms with Gasteiger partial charge in [0.15, 0.2) is 0 Å². The molecular formula is C18H23F2N3O3. The van der Waals surface area contributed by atoms with Crippen LogP contribution >= 0.6 is 0 Å². The van der Waals surface area contributed by atoms with Gasteiger partial charge in [-0.25, -0.2) is 8.78 Å². The standard InChI is InChI=1S/C18H23F2N3O3/c1-10-8-15(17(19)20)22-23(10)12(3)18(24)21-11(2)14-9-13(25-4)6-7-16(14)26-5/h6-9,11-12,17H,1-5H3,(H,21,24). The summed E-state index contributed by atoms with van der Waals surface area (Å²) in [6, 6.07) is 5.47. The number of aryl methyl sites for hydroxylation is 1. The van der Waals surface area contributed by atoms with Gasteiger partial charge in [0, 0.05) is 11.3 Å². The maximum atomic E-state index is 12.8. The first-order valence-electron chi connectivity index (χ1n) is 8.15. The minimum atomic E-state index is -2.68. The van der Waals surface area contributed by atoms with Crippen LogP contribution in [0.25, 0.3) is 0 Å². The Balaban J connectivity index is 2.19. The number of halogens is 2. The maximum Gasteiger partial charge on any atom is 0.282 e. The first-order chi connectivity index (χ1) is 12.3. The zero-order valence-electron chi connectivity index (χ0n) is 15.4. The number of ether oxygens (including phenoxy) is 2. The van der Waals surface area contributed by atoms with Crippen LogP contribution in [0.1, 0.15) is 49.3 Å². The Morgan fingerprint density at radius 1 is 1.19 bits per heavy atom. The van der Waals surface area contributed by atoms with E-state index in [0.717, 1.165) is 5.56 Å². The van der Waals surface area contributed by atoms with E-state index in [0.29, 0.717) is 17.2 Å². The van der Waals surface area contributed by atoms with Gasteiger partial charge in [0.05, 0.1) is 20.3 Å². The van der Waals surface area contributed by atoms with Gasteiger partial charge in [-0.3, -0.25) is 9.48 Å². The molecule has 0 aliphatic heterocycles. The average Bonchev–Trinajstić information content (AvgIpc) is 3.02. The summed E-state index contributed by atoms with van der Waals surface area (Å²) in [5.74, 6) is 0.912. The number of rotatable bonds is 7. The van der Waals surface area contributed by atoms with Crippen LogP contribution in [0.2, 0.25) is 0 Å². The molecule has 1 amide bonds. The van der Waals surface area contributed by atoms with Gasteiger partial charge in [0.1, 0.15) is 23.2 Å². The molecule has 0 saturated carbocycles. The molecule has 142 valence electrons. The quantitative estimate of drug-likeness (QED) is 0.812. The monoisotopic (exact) mass is 367 g/mol. The number of carbonyl (C=O) groups excluding carboxylic acids is 1. The third-order valence-electron chi connectivity index (χ3n) is 4.17. The molecule has 0 radical (unpaired) electrons. The highest BCUT2D eigenvalue weighted by Crippen LogP contribution is 2.29. The number of nitrogens with zero attached hydrogens (tertiary/aromatic N) is 2. The molecule has 8 heteroatoms. The number of hydrogen-bond acceptors (Lipinski definition) is 4. The fourth-order valence-electron chi connectivity index (χ4n) is 2.71. The highest BCUT2D eigenvalue weighted by atomic mass is 19.3. The van der Waals surface area contributed by atoms with Gasteiger partial charge >= 0.3 is 0 Å². The summed E-state index contributed by atoms with van der Waals surface area (Å²) in [6.45, 7) is 5.06. The molecule has 0 aliphatic carbocycles. The van der Waals surface area contributed by atoms with Gasteiger partial charge in [0.25, 0.3) is 6.43 Å². The normalized spacial score (nSPS) is 13.4. The zero-order valence-corrected chi connectivity index (χ0v) is 15.4. The number of methoxy groups -OCH3 is 2. The van der Waals surface area contributed by atoms with E-state index in [1.54, 1.807) is 46.3 Å². The van der Waals surface area contributed by atoms with Crippen molar-refractivity contribution in [2.24, 2.45) is 0 Å². The second-order valence-electron chi connectivity index (χ2n) is 5.97. The summed E-state index contributed by atoms with van der Waals surface area (Å²) in [7, 11) is 3.10. The maximum absolute atomic E-state index is 12.8. The molecule has 0 saturated heterocycles. The second-order valence-corrected chi connectivity index (χ2v) is 5.97. The van der Waals surface area contributed by atoms with Crippen molar-refractivity contribution in [2.75, 3.05) is 14.2 Å². The molecule has 2 rings (SSSR count). The predicted octanol–water partition coefficient (Wildman–Crippen LogP) is 3.58. The van der Waals surface area contributed by atoms with Crippen LogP contribution in [-0.2, 0) is 4.79 Å². The van der Waals surface area contributed by atoms with E-state index in [4.69, 9.17) is 9.47 Å². The van der Waals surface area contributed by atoms with E-state index in [1.807, 2.05) is 6.92 Å². The van der Waals surface area contributed by atoms with Crippen LogP contribution in [0.15, 0.2) is 24.3 Å². The lowest BCUT2D eigenvalue weighted by Crippen LogP contribution is -2.34. The Bertz CT molecular complexity index is 777. The van der Waals surface area contributed by atoms with Gasteiger partial charge < -0.3 is 14.8 Å². The minimum Gasteiger partial charge on any atom is -0.497 e. The van der Waals surface area contributed by atoms with Crippen molar-refractivity contribution in [3.8, 4) is 11.5 Å². The Morgan fingerprint density at radius 2 is 1.88 bits per heavy atom. The lowest BCUT2D eigenvalue weighted by atomic mass is 10.1. The molecule has 0 bridgehead atoms. The number of nitrogens with one attached hydrogen (secondary N) is 1. The molecule has 0 aliphatic rings. The fourth-order valence-corrected chi connectivity index (χ4v) is 2.71. The number of amides is 1. The Labute approximate surface area is 151 Å². The first kappa shape index (κ1) is 19.7. The summed E-state index contributed by atoms with van der Waals surface area (Å²) in [5, 5.41) is 6.70. The lowest BCUT2D eigenvalue weighted by molar-refractivity contribution is -0.124. The van der Waals surface area contributed by atoms with Gasteiger partial charge in [0.2, 0.25) is 5.91 Å². The topological polar surface area (TPSA) is 65.4 Å². The van der Waals surface area contributed by atoms with E-state index >= 15 is 0 Å². The highest BCUT2D eigenvalue weighted by molar-refractivity contribution is 5.80. The van der Waals surface area contributed by atoms with Crippen molar-refractivity contribution in [1.29, 1.82) is 0 Å². The first-order valence-corrected chi connectivity index (χ1v) is 8.15. The molecule has 1 heterocycles. The van der Waals surface area contributed by atoms with Crippen molar-refractivity contribution in [3.05, 3.63) is 41.2 Å². The molecule has 2 aromatic rings. The molecule has 1 aromatic heterocycles. The van der Waals surface area contributed by atoms with Gasteiger partial charge in [-0.1, -0.05) is 0 Å². The number of alkyl halides is 2. The number of hydrogen-bond donors (Lipinski definition) is 1. The van der Waals surface area contributed by atoms with Crippen molar-refractivity contribution in [1.82, 2.24) is 15.1 Å². The summed E-state index contributed by atoms with van der Waals surface area (Å²) >= 11 is 0. The van der Waals surface area contributed by atoms with Crippen molar-refractivity contribution < 1.29 is 23.0 Å². The summed E-state index contributed by atoms with van der Waals surface area (Å²) in [6.07, 6.45) is -2.68. The van der Waals surface area contributed by atoms with E-state index in [1.165, 1.54) is 10.7 Å². The van der Waals surface area contributed by atoms with E-state index in [-0.39, 0.29) is 17.6 Å². The molecule has 6 nitrogen and oxygen atoms in total. The summed E-state index contributed by atoms with van der Waals surface area (Å²) in [4.78, 5) is 12.6. The third-order valence-corrected chi connectivity index (χ3v) is 4.17. The largest absolute Gasteiger partial charge is 0.497 e. The molecule has 1 aromatic carbocycles. The third kappa shape index (κ3) is 4.12. The SMILES string of the molecule is COc1ccc(OC)c(C(C)NC(=O)C(C)n2nc(C(F)F)cc2C)c1. The lowest BCUT2D eigenvalue weighted by Gasteiger charge is -2.21. The van der Waals surface area contributed by atoms with Gasteiger partial charge in [-0.2, -0.15) is 5.10 Å². The number of benzene rings is 1.